The number of aliphatic carboxylic acids is 1. The predicted molar refractivity (Wildman–Crippen MR) is 65.1 cm³/mol. The zero-order valence-corrected chi connectivity index (χ0v) is 10.4. The van der Waals surface area contributed by atoms with Gasteiger partial charge in [0.2, 0.25) is 0 Å². The third-order valence-corrected chi connectivity index (χ3v) is 3.44. The van der Waals surface area contributed by atoms with Gasteiger partial charge in [-0.3, -0.25) is 4.79 Å². The molecule has 0 spiro atoms. The molecule has 18 heavy (non-hydrogen) atoms. The maximum Gasteiger partial charge on any atom is 0.313 e. The van der Waals surface area contributed by atoms with Crippen LogP contribution in [0.1, 0.15) is 21.5 Å². The lowest BCUT2D eigenvalue weighted by molar-refractivity contribution is -0.138. The first-order valence-corrected chi connectivity index (χ1v) is 6.15. The number of halogens is 1. The molecule has 0 fully saturated rings. The molecule has 0 saturated heterocycles. The molecule has 0 aliphatic carbocycles. The van der Waals surface area contributed by atoms with Crippen molar-refractivity contribution < 1.29 is 14.3 Å². The number of carboxylic acid groups (broad SMARTS) is 1. The van der Waals surface area contributed by atoms with Crippen LogP contribution in [0.5, 0.6) is 0 Å². The average Bonchev–Trinajstić information content (AvgIpc) is 2.74. The van der Waals surface area contributed by atoms with Gasteiger partial charge in [0.05, 0.1) is 0 Å². The number of benzene rings is 1. The quantitative estimate of drug-likeness (QED) is 0.923. The highest BCUT2D eigenvalue weighted by Crippen LogP contribution is 2.24. The highest BCUT2D eigenvalue weighted by molar-refractivity contribution is 7.11. The highest BCUT2D eigenvalue weighted by Gasteiger charge is 2.24. The Bertz CT molecular complexity index is 553. The fraction of sp³-hybridized carbons (Fsp3) is 0.250. The lowest BCUT2D eigenvalue weighted by atomic mass is 10.0. The van der Waals surface area contributed by atoms with Crippen molar-refractivity contribution in [1.82, 2.24) is 10.2 Å². The Morgan fingerprint density at radius 3 is 2.56 bits per heavy atom. The fourth-order valence-electron chi connectivity index (χ4n) is 1.59. The van der Waals surface area contributed by atoms with Crippen LogP contribution in [0.4, 0.5) is 4.39 Å². The van der Waals surface area contributed by atoms with Crippen LogP contribution in [0.25, 0.3) is 0 Å². The van der Waals surface area contributed by atoms with Crippen molar-refractivity contribution in [3.05, 3.63) is 45.7 Å². The number of aryl methyl sites for hydroxylation is 1. The number of hydrogen-bond donors (Lipinski definition) is 1. The molecule has 1 unspecified atom stereocenters. The maximum atomic E-state index is 12.8. The van der Waals surface area contributed by atoms with E-state index in [0.717, 1.165) is 10.6 Å². The zero-order chi connectivity index (χ0) is 13.1. The summed E-state index contributed by atoms with van der Waals surface area (Å²) in [6.07, 6.45) is 0.282. The van der Waals surface area contributed by atoms with Gasteiger partial charge < -0.3 is 5.11 Å². The van der Waals surface area contributed by atoms with Gasteiger partial charge in [0, 0.05) is 0 Å². The second-order valence-electron chi connectivity index (χ2n) is 3.88. The Hall–Kier alpha value is -1.82. The fourth-order valence-corrected chi connectivity index (χ4v) is 2.38. The van der Waals surface area contributed by atoms with E-state index in [1.807, 2.05) is 0 Å². The first kappa shape index (κ1) is 12.6. The summed E-state index contributed by atoms with van der Waals surface area (Å²) in [6.45, 7) is 1.78. The molecule has 94 valence electrons. The van der Waals surface area contributed by atoms with E-state index < -0.39 is 11.9 Å². The standard InChI is InChI=1S/C12H11FN2O2S/c1-7-14-15-11(18-7)10(12(16)17)6-8-2-4-9(13)5-3-8/h2-5,10H,6H2,1H3,(H,16,17). The van der Waals surface area contributed by atoms with E-state index in [2.05, 4.69) is 10.2 Å². The molecule has 2 rings (SSSR count). The van der Waals surface area contributed by atoms with Gasteiger partial charge in [-0.05, 0) is 31.0 Å². The van der Waals surface area contributed by atoms with Crippen molar-refractivity contribution in [2.45, 2.75) is 19.3 Å². The third kappa shape index (κ3) is 2.89. The predicted octanol–water partition coefficient (Wildman–Crippen LogP) is 2.40. The normalized spacial score (nSPS) is 12.3. The molecule has 1 heterocycles. The molecule has 0 saturated carbocycles. The molecule has 0 aliphatic heterocycles. The summed E-state index contributed by atoms with van der Waals surface area (Å²) in [5.74, 6) is -2.02. The number of hydrogen-bond acceptors (Lipinski definition) is 4. The monoisotopic (exact) mass is 266 g/mol. The van der Waals surface area contributed by atoms with Gasteiger partial charge in [-0.25, -0.2) is 4.39 Å². The Kier molecular flexibility index (Phi) is 3.66. The van der Waals surface area contributed by atoms with Crippen molar-refractivity contribution in [2.75, 3.05) is 0 Å². The van der Waals surface area contributed by atoms with E-state index in [1.165, 1.54) is 23.5 Å². The molecule has 4 nitrogen and oxygen atoms in total. The number of nitrogens with zero attached hydrogens (tertiary/aromatic N) is 2. The minimum absolute atomic E-state index is 0.282. The Morgan fingerprint density at radius 2 is 2.06 bits per heavy atom. The molecule has 6 heteroatoms. The van der Waals surface area contributed by atoms with Crippen LogP contribution in [-0.2, 0) is 11.2 Å². The van der Waals surface area contributed by atoms with Crippen LogP contribution in [0.3, 0.4) is 0 Å². The molecule has 2 aromatic rings. The molecule has 0 amide bonds. The SMILES string of the molecule is Cc1nnc(C(Cc2ccc(F)cc2)C(=O)O)s1. The van der Waals surface area contributed by atoms with Crippen molar-refractivity contribution >= 4 is 17.3 Å². The highest BCUT2D eigenvalue weighted by atomic mass is 32.1. The Labute approximate surface area is 107 Å². The van der Waals surface area contributed by atoms with Gasteiger partial charge in [0.15, 0.2) is 0 Å². The van der Waals surface area contributed by atoms with Gasteiger partial charge in [0.1, 0.15) is 21.8 Å². The molecule has 1 aromatic carbocycles. The summed E-state index contributed by atoms with van der Waals surface area (Å²) in [5, 5.41) is 18.1. The first-order chi connectivity index (χ1) is 8.56. The third-order valence-electron chi connectivity index (χ3n) is 2.49. The minimum Gasteiger partial charge on any atom is -0.481 e. The van der Waals surface area contributed by atoms with Gasteiger partial charge in [0.25, 0.3) is 0 Å². The van der Waals surface area contributed by atoms with E-state index in [1.54, 1.807) is 19.1 Å². The minimum atomic E-state index is -0.949. The molecule has 0 aliphatic rings. The van der Waals surface area contributed by atoms with E-state index in [0.29, 0.717) is 5.01 Å². The summed E-state index contributed by atoms with van der Waals surface area (Å²) in [6, 6.07) is 5.80. The number of aromatic nitrogens is 2. The second kappa shape index (κ2) is 5.22. The van der Waals surface area contributed by atoms with Crippen molar-refractivity contribution in [1.29, 1.82) is 0 Å². The molecule has 1 atom stereocenters. The van der Waals surface area contributed by atoms with E-state index in [4.69, 9.17) is 0 Å². The van der Waals surface area contributed by atoms with Crippen LogP contribution in [-0.4, -0.2) is 21.3 Å². The van der Waals surface area contributed by atoms with Gasteiger partial charge in [-0.15, -0.1) is 21.5 Å². The van der Waals surface area contributed by atoms with Crippen LogP contribution >= 0.6 is 11.3 Å². The zero-order valence-electron chi connectivity index (χ0n) is 9.63. The van der Waals surface area contributed by atoms with Crippen LogP contribution in [0, 0.1) is 12.7 Å². The lowest BCUT2D eigenvalue weighted by Crippen LogP contribution is -2.14. The second-order valence-corrected chi connectivity index (χ2v) is 5.09. The Morgan fingerprint density at radius 1 is 1.39 bits per heavy atom. The summed E-state index contributed by atoms with van der Waals surface area (Å²) in [4.78, 5) is 11.2. The van der Waals surface area contributed by atoms with E-state index in [-0.39, 0.29) is 12.2 Å². The first-order valence-electron chi connectivity index (χ1n) is 5.33. The van der Waals surface area contributed by atoms with Crippen molar-refractivity contribution in [2.24, 2.45) is 0 Å². The lowest BCUT2D eigenvalue weighted by Gasteiger charge is -2.08. The number of carbonyl (C=O) groups is 1. The molecule has 0 bridgehead atoms. The van der Waals surface area contributed by atoms with Crippen molar-refractivity contribution in [3.8, 4) is 0 Å². The number of carboxylic acids is 1. The molecular weight excluding hydrogens is 255 g/mol. The molecule has 1 aromatic heterocycles. The van der Waals surface area contributed by atoms with Crippen LogP contribution in [0.2, 0.25) is 0 Å². The van der Waals surface area contributed by atoms with E-state index >= 15 is 0 Å². The summed E-state index contributed by atoms with van der Waals surface area (Å²) in [5.41, 5.74) is 0.761. The molecule has 0 radical (unpaired) electrons. The van der Waals surface area contributed by atoms with Gasteiger partial charge in [-0.1, -0.05) is 12.1 Å². The summed E-state index contributed by atoms with van der Waals surface area (Å²) in [7, 11) is 0. The Balaban J connectivity index is 2.22. The van der Waals surface area contributed by atoms with Crippen LogP contribution in [0.15, 0.2) is 24.3 Å². The average molecular weight is 266 g/mol. The van der Waals surface area contributed by atoms with E-state index in [9.17, 15) is 14.3 Å². The smallest absolute Gasteiger partial charge is 0.313 e. The van der Waals surface area contributed by atoms with Crippen molar-refractivity contribution in [3.63, 3.8) is 0 Å². The number of rotatable bonds is 4. The maximum absolute atomic E-state index is 12.8. The van der Waals surface area contributed by atoms with Gasteiger partial charge in [-0.2, -0.15) is 0 Å². The molecule has 1 N–H and O–H groups in total. The topological polar surface area (TPSA) is 63.1 Å². The summed E-state index contributed by atoms with van der Waals surface area (Å²) < 4.78 is 12.8. The van der Waals surface area contributed by atoms with Crippen LogP contribution < -0.4 is 0 Å². The molecular formula is C12H11FN2O2S. The summed E-state index contributed by atoms with van der Waals surface area (Å²) >= 11 is 1.27. The van der Waals surface area contributed by atoms with Gasteiger partial charge >= 0.3 is 5.97 Å². The largest absolute Gasteiger partial charge is 0.481 e.